The van der Waals surface area contributed by atoms with Gasteiger partial charge in [0, 0.05) is 6.04 Å². The van der Waals surface area contributed by atoms with Crippen LogP contribution in [-0.4, -0.2) is 15.8 Å². The monoisotopic (exact) mass is 313 g/mol. The number of hydrogen-bond donors (Lipinski definition) is 1. The summed E-state index contributed by atoms with van der Waals surface area (Å²) >= 11 is 3.73. The second kappa shape index (κ2) is 5.64. The molecular weight excluding hydrogens is 290 g/mol. The summed E-state index contributed by atoms with van der Waals surface area (Å²) < 4.78 is 3.38. The van der Waals surface area contributed by atoms with Gasteiger partial charge < -0.3 is 5.32 Å². The molecule has 18 heavy (non-hydrogen) atoms. The highest BCUT2D eigenvalue weighted by atomic mass is 79.9. The Bertz CT molecular complexity index is 411. The van der Waals surface area contributed by atoms with Crippen LogP contribution in [0.25, 0.3) is 0 Å². The quantitative estimate of drug-likeness (QED) is 0.893. The molecule has 0 fully saturated rings. The molecule has 0 saturated carbocycles. The van der Waals surface area contributed by atoms with Gasteiger partial charge in [0.05, 0.1) is 16.2 Å². The van der Waals surface area contributed by atoms with Crippen LogP contribution in [0.3, 0.4) is 0 Å². The normalized spacial score (nSPS) is 23.0. The van der Waals surface area contributed by atoms with E-state index in [1.807, 2.05) is 0 Å². The highest BCUT2D eigenvalue weighted by Gasteiger charge is 2.28. The first-order valence-corrected chi connectivity index (χ1v) is 7.89. The summed E-state index contributed by atoms with van der Waals surface area (Å²) in [6.07, 6.45) is 4.55. The maximum Gasteiger partial charge on any atom is 0.139 e. The van der Waals surface area contributed by atoms with Crippen LogP contribution in [0.15, 0.2) is 4.47 Å². The number of nitrogens with one attached hydrogen (secondary N) is 1. The number of fused-ring (bicyclic) bond motifs is 1. The van der Waals surface area contributed by atoms with Crippen molar-refractivity contribution in [3.8, 4) is 0 Å². The molecule has 0 bridgehead atoms. The second-order valence-electron chi connectivity index (χ2n) is 5.70. The van der Waals surface area contributed by atoms with Crippen LogP contribution in [0.5, 0.6) is 0 Å². The van der Waals surface area contributed by atoms with Gasteiger partial charge in [0.15, 0.2) is 0 Å². The van der Waals surface area contributed by atoms with Crippen molar-refractivity contribution < 1.29 is 0 Å². The second-order valence-corrected chi connectivity index (χ2v) is 6.49. The van der Waals surface area contributed by atoms with Gasteiger partial charge in [-0.1, -0.05) is 27.7 Å². The number of anilines is 1. The number of nitrogens with zero attached hydrogens (tertiary/aromatic N) is 2. The van der Waals surface area contributed by atoms with Gasteiger partial charge in [0.2, 0.25) is 0 Å². The molecule has 0 radical (unpaired) electrons. The van der Waals surface area contributed by atoms with E-state index in [1.165, 1.54) is 28.8 Å². The average Bonchev–Trinajstić information content (AvgIpc) is 2.65. The highest BCUT2D eigenvalue weighted by Crippen LogP contribution is 2.37. The molecule has 0 spiro atoms. The van der Waals surface area contributed by atoms with E-state index in [2.05, 4.69) is 53.6 Å². The van der Waals surface area contributed by atoms with Crippen molar-refractivity contribution in [1.29, 1.82) is 0 Å². The lowest BCUT2D eigenvalue weighted by molar-refractivity contribution is 0.360. The molecule has 3 nitrogen and oxygen atoms in total. The van der Waals surface area contributed by atoms with Crippen molar-refractivity contribution in [2.24, 2.45) is 5.92 Å². The first-order chi connectivity index (χ1) is 8.56. The van der Waals surface area contributed by atoms with Crippen LogP contribution < -0.4 is 5.32 Å². The highest BCUT2D eigenvalue weighted by molar-refractivity contribution is 9.10. The predicted molar refractivity (Wildman–Crippen MR) is 80.1 cm³/mol. The van der Waals surface area contributed by atoms with Gasteiger partial charge >= 0.3 is 0 Å². The Labute approximate surface area is 118 Å². The molecule has 0 amide bonds. The molecule has 0 aliphatic carbocycles. The van der Waals surface area contributed by atoms with E-state index in [4.69, 9.17) is 5.10 Å². The van der Waals surface area contributed by atoms with Gasteiger partial charge in [-0.05, 0) is 47.5 Å². The van der Waals surface area contributed by atoms with Gasteiger partial charge in [0.25, 0.3) is 0 Å². The zero-order valence-corrected chi connectivity index (χ0v) is 13.4. The van der Waals surface area contributed by atoms with E-state index in [9.17, 15) is 0 Å². The van der Waals surface area contributed by atoms with E-state index < -0.39 is 0 Å². The molecule has 2 unspecified atom stereocenters. The Kier molecular flexibility index (Phi) is 4.36. The molecule has 1 aliphatic heterocycles. The largest absolute Gasteiger partial charge is 0.367 e. The van der Waals surface area contributed by atoms with Gasteiger partial charge in [-0.3, -0.25) is 0 Å². The molecule has 4 heteroatoms. The maximum absolute atomic E-state index is 4.82. The first kappa shape index (κ1) is 13.9. The third-order valence-corrected chi connectivity index (χ3v) is 4.56. The average molecular weight is 314 g/mol. The Hall–Kier alpha value is -0.510. The van der Waals surface area contributed by atoms with Crippen molar-refractivity contribution in [3.63, 3.8) is 0 Å². The summed E-state index contributed by atoms with van der Waals surface area (Å²) in [6, 6.07) is 1.13. The molecule has 0 aromatic carbocycles. The topological polar surface area (TPSA) is 29.9 Å². The van der Waals surface area contributed by atoms with E-state index in [0.29, 0.717) is 18.0 Å². The summed E-state index contributed by atoms with van der Waals surface area (Å²) in [4.78, 5) is 0. The Morgan fingerprint density at radius 1 is 1.39 bits per heavy atom. The lowest BCUT2D eigenvalue weighted by atomic mass is 10.0. The van der Waals surface area contributed by atoms with Crippen LogP contribution in [0, 0.1) is 5.92 Å². The molecule has 1 aromatic rings. The third kappa shape index (κ3) is 2.58. The van der Waals surface area contributed by atoms with Crippen molar-refractivity contribution in [2.45, 2.75) is 65.5 Å². The maximum atomic E-state index is 4.82. The summed E-state index contributed by atoms with van der Waals surface area (Å²) in [5.41, 5.74) is 1.20. The van der Waals surface area contributed by atoms with E-state index >= 15 is 0 Å². The molecular formula is C14H24BrN3. The zero-order valence-electron chi connectivity index (χ0n) is 11.8. The summed E-state index contributed by atoms with van der Waals surface area (Å²) in [5, 5.41) is 8.45. The zero-order chi connectivity index (χ0) is 13.3. The molecule has 2 heterocycles. The number of halogens is 1. The lowest BCUT2D eigenvalue weighted by Crippen LogP contribution is -2.31. The van der Waals surface area contributed by atoms with Crippen molar-refractivity contribution in [2.75, 3.05) is 5.32 Å². The molecule has 1 aromatic heterocycles. The summed E-state index contributed by atoms with van der Waals surface area (Å²) in [6.45, 7) is 8.98. The van der Waals surface area contributed by atoms with E-state index in [0.717, 1.165) is 12.8 Å². The Morgan fingerprint density at radius 2 is 2.11 bits per heavy atom. The summed E-state index contributed by atoms with van der Waals surface area (Å²) in [5.74, 6) is 1.83. The lowest BCUT2D eigenvalue weighted by Gasteiger charge is -2.31. The van der Waals surface area contributed by atoms with Crippen LogP contribution in [0.4, 0.5) is 5.82 Å². The SMILES string of the molecule is CCC1CC(CC)n2nc(CC(C)C)c(Br)c2N1. The van der Waals surface area contributed by atoms with Crippen LogP contribution in [-0.2, 0) is 6.42 Å². The molecule has 1 N–H and O–H groups in total. The number of rotatable bonds is 4. The molecule has 1 aliphatic rings. The standard InChI is InChI=1S/C14H24BrN3/c1-5-10-8-11(6-2)18-14(16-10)13(15)12(17-18)7-9(3)4/h9-11,16H,5-8H2,1-4H3. The van der Waals surface area contributed by atoms with Crippen LogP contribution >= 0.6 is 15.9 Å². The number of hydrogen-bond acceptors (Lipinski definition) is 2. The fourth-order valence-corrected chi connectivity index (χ4v) is 3.20. The van der Waals surface area contributed by atoms with Crippen LogP contribution in [0.1, 0.15) is 58.7 Å². The van der Waals surface area contributed by atoms with Crippen LogP contribution in [0.2, 0.25) is 0 Å². The van der Waals surface area contributed by atoms with Gasteiger partial charge in [-0.25, -0.2) is 4.68 Å². The minimum absolute atomic E-state index is 0.545. The summed E-state index contributed by atoms with van der Waals surface area (Å²) in [7, 11) is 0. The van der Waals surface area contributed by atoms with Crippen molar-refractivity contribution in [1.82, 2.24) is 9.78 Å². The van der Waals surface area contributed by atoms with Crippen molar-refractivity contribution >= 4 is 21.7 Å². The molecule has 2 atom stereocenters. The molecule has 0 saturated heterocycles. The fourth-order valence-electron chi connectivity index (χ4n) is 2.66. The molecule has 2 rings (SSSR count). The van der Waals surface area contributed by atoms with Gasteiger partial charge in [0.1, 0.15) is 5.82 Å². The smallest absolute Gasteiger partial charge is 0.139 e. The Balaban J connectivity index is 2.34. The van der Waals surface area contributed by atoms with Crippen molar-refractivity contribution in [3.05, 3.63) is 10.2 Å². The third-order valence-electron chi connectivity index (χ3n) is 3.73. The van der Waals surface area contributed by atoms with Gasteiger partial charge in [-0.2, -0.15) is 5.10 Å². The van der Waals surface area contributed by atoms with E-state index in [-0.39, 0.29) is 0 Å². The Morgan fingerprint density at radius 3 is 2.67 bits per heavy atom. The number of aromatic nitrogens is 2. The van der Waals surface area contributed by atoms with E-state index in [1.54, 1.807) is 0 Å². The van der Waals surface area contributed by atoms with Gasteiger partial charge in [-0.15, -0.1) is 0 Å². The predicted octanol–water partition coefficient (Wildman–Crippen LogP) is 4.39. The first-order valence-electron chi connectivity index (χ1n) is 7.10. The minimum Gasteiger partial charge on any atom is -0.367 e. The fraction of sp³-hybridized carbons (Fsp3) is 0.786. The molecule has 102 valence electrons. The minimum atomic E-state index is 0.545.